The Bertz CT molecular complexity index is 365. The minimum Gasteiger partial charge on any atom is -0.348 e. The van der Waals surface area contributed by atoms with Crippen molar-refractivity contribution in [3.05, 3.63) is 34.9 Å². The van der Waals surface area contributed by atoms with Gasteiger partial charge in [0.1, 0.15) is 0 Å². The summed E-state index contributed by atoms with van der Waals surface area (Å²) in [6.45, 7) is 0. The standard InChI is InChI=1S/C6H4N2O2/c9-6-7-8-4-2-1-3-5(8)10-6/h1-4H/p+1. The number of nitrogens with zero attached hydrogens (tertiary/aromatic N) is 1. The quantitative estimate of drug-likeness (QED) is 0.507. The van der Waals surface area contributed by atoms with E-state index in [2.05, 4.69) is 5.10 Å². The van der Waals surface area contributed by atoms with Gasteiger partial charge in [0.05, 0.1) is 6.07 Å². The molecular weight excluding hydrogens is 132 g/mol. The Balaban J connectivity index is 3.01. The van der Waals surface area contributed by atoms with Crippen molar-refractivity contribution in [2.24, 2.45) is 0 Å². The predicted octanol–water partition coefficient (Wildman–Crippen LogP) is -0.293. The lowest BCUT2D eigenvalue weighted by Crippen LogP contribution is -2.24. The Labute approximate surface area is 55.7 Å². The molecule has 0 aliphatic heterocycles. The first-order chi connectivity index (χ1) is 4.86. The average Bonchev–Trinajstić information content (AvgIpc) is 2.27. The molecule has 0 bridgehead atoms. The molecular formula is C6H5N2O2+. The first-order valence-electron chi connectivity index (χ1n) is 2.86. The highest BCUT2D eigenvalue weighted by Crippen LogP contribution is 1.86. The molecule has 0 spiro atoms. The van der Waals surface area contributed by atoms with Gasteiger partial charge in [0, 0.05) is 6.07 Å². The first kappa shape index (κ1) is 5.22. The second-order valence-corrected chi connectivity index (χ2v) is 1.91. The fourth-order valence-corrected chi connectivity index (χ4v) is 0.819. The monoisotopic (exact) mass is 137 g/mol. The van der Waals surface area contributed by atoms with Crippen molar-refractivity contribution in [1.82, 2.24) is 5.10 Å². The molecule has 0 aliphatic carbocycles. The maximum Gasteiger partial charge on any atom is 0.470 e. The van der Waals surface area contributed by atoms with Gasteiger partial charge in [0.2, 0.25) is 6.20 Å². The van der Waals surface area contributed by atoms with Gasteiger partial charge in [-0.2, -0.15) is 0 Å². The zero-order valence-electron chi connectivity index (χ0n) is 5.07. The van der Waals surface area contributed by atoms with E-state index in [-0.39, 0.29) is 0 Å². The molecule has 0 aliphatic rings. The van der Waals surface area contributed by atoms with Crippen LogP contribution in [0.1, 0.15) is 0 Å². The molecule has 0 unspecified atom stereocenters. The van der Waals surface area contributed by atoms with Gasteiger partial charge in [0.15, 0.2) is 0 Å². The number of rotatable bonds is 0. The summed E-state index contributed by atoms with van der Waals surface area (Å²) in [5.41, 5.74) is 0.521. The molecule has 2 aromatic heterocycles. The molecule has 50 valence electrons. The number of aromatic nitrogens is 2. The molecule has 0 radical (unpaired) electrons. The SMILES string of the molecule is O=c1[nH][n+]2ccccc2o1. The van der Waals surface area contributed by atoms with Gasteiger partial charge in [-0.05, 0) is 10.6 Å². The number of hydrogen-bond donors (Lipinski definition) is 1. The third-order valence-corrected chi connectivity index (χ3v) is 1.23. The molecule has 0 saturated carbocycles. The van der Waals surface area contributed by atoms with Gasteiger partial charge in [-0.15, -0.1) is 0 Å². The molecule has 2 heterocycles. The number of H-pyrrole nitrogens is 1. The van der Waals surface area contributed by atoms with Gasteiger partial charge in [0.25, 0.3) is 0 Å². The van der Waals surface area contributed by atoms with Crippen LogP contribution in [0.25, 0.3) is 5.71 Å². The summed E-state index contributed by atoms with van der Waals surface area (Å²) in [5.74, 6) is -0.439. The Morgan fingerprint density at radius 3 is 3.20 bits per heavy atom. The van der Waals surface area contributed by atoms with Crippen molar-refractivity contribution >= 4 is 5.71 Å². The largest absolute Gasteiger partial charge is 0.470 e. The summed E-state index contributed by atoms with van der Waals surface area (Å²) in [7, 11) is 0. The van der Waals surface area contributed by atoms with Crippen molar-refractivity contribution in [3.63, 3.8) is 0 Å². The lowest BCUT2D eigenvalue weighted by Gasteiger charge is -1.71. The van der Waals surface area contributed by atoms with E-state index in [4.69, 9.17) is 4.42 Å². The summed E-state index contributed by atoms with van der Waals surface area (Å²) in [4.78, 5) is 10.5. The highest BCUT2D eigenvalue weighted by Gasteiger charge is 2.04. The molecule has 2 rings (SSSR count). The lowest BCUT2D eigenvalue weighted by atomic mass is 10.5. The van der Waals surface area contributed by atoms with E-state index in [1.807, 2.05) is 0 Å². The van der Waals surface area contributed by atoms with Crippen LogP contribution in [0.15, 0.2) is 33.6 Å². The van der Waals surface area contributed by atoms with Crippen LogP contribution in [0.3, 0.4) is 0 Å². The van der Waals surface area contributed by atoms with Crippen LogP contribution in [0, 0.1) is 0 Å². The lowest BCUT2D eigenvalue weighted by molar-refractivity contribution is -0.580. The van der Waals surface area contributed by atoms with Crippen LogP contribution in [-0.2, 0) is 0 Å². The van der Waals surface area contributed by atoms with Crippen molar-refractivity contribution in [1.29, 1.82) is 0 Å². The van der Waals surface area contributed by atoms with E-state index in [1.165, 1.54) is 4.52 Å². The number of hydrogen-bond acceptors (Lipinski definition) is 2. The van der Waals surface area contributed by atoms with Crippen LogP contribution in [0.5, 0.6) is 0 Å². The number of pyridine rings is 1. The maximum atomic E-state index is 10.5. The Kier molecular flexibility index (Phi) is 0.887. The van der Waals surface area contributed by atoms with E-state index in [0.29, 0.717) is 5.71 Å². The fourth-order valence-electron chi connectivity index (χ4n) is 0.819. The zero-order chi connectivity index (χ0) is 6.97. The van der Waals surface area contributed by atoms with Gasteiger partial charge >= 0.3 is 11.5 Å². The molecule has 0 atom stereocenters. The summed E-state index contributed by atoms with van der Waals surface area (Å²) in [5, 5.41) is 2.45. The number of nitrogens with one attached hydrogen (secondary N) is 1. The minimum atomic E-state index is -0.439. The molecule has 2 aromatic rings. The fraction of sp³-hybridized carbons (Fsp3) is 0. The second-order valence-electron chi connectivity index (χ2n) is 1.91. The summed E-state index contributed by atoms with van der Waals surface area (Å²) < 4.78 is 6.24. The van der Waals surface area contributed by atoms with Crippen molar-refractivity contribution in [3.8, 4) is 0 Å². The van der Waals surface area contributed by atoms with Crippen molar-refractivity contribution in [2.75, 3.05) is 0 Å². The molecule has 0 aromatic carbocycles. The molecule has 4 nitrogen and oxygen atoms in total. The maximum absolute atomic E-state index is 10.5. The van der Waals surface area contributed by atoms with Crippen LogP contribution in [-0.4, -0.2) is 5.10 Å². The minimum absolute atomic E-state index is 0.439. The molecule has 4 heteroatoms. The molecule has 0 saturated heterocycles. The van der Waals surface area contributed by atoms with E-state index in [9.17, 15) is 4.79 Å². The summed E-state index contributed by atoms with van der Waals surface area (Å²) >= 11 is 0. The Morgan fingerprint density at radius 2 is 2.40 bits per heavy atom. The Morgan fingerprint density at radius 1 is 1.50 bits per heavy atom. The topological polar surface area (TPSA) is 50.1 Å². The average molecular weight is 137 g/mol. The van der Waals surface area contributed by atoms with E-state index in [1.54, 1.807) is 24.4 Å². The van der Waals surface area contributed by atoms with Gasteiger partial charge < -0.3 is 4.42 Å². The smallest absolute Gasteiger partial charge is 0.348 e. The van der Waals surface area contributed by atoms with E-state index >= 15 is 0 Å². The molecule has 1 N–H and O–H groups in total. The van der Waals surface area contributed by atoms with Crippen molar-refractivity contribution < 1.29 is 8.93 Å². The Hall–Kier alpha value is -1.58. The highest BCUT2D eigenvalue weighted by atomic mass is 16.4. The van der Waals surface area contributed by atoms with Crippen LogP contribution in [0.4, 0.5) is 0 Å². The number of aromatic amines is 1. The number of fused-ring (bicyclic) bond motifs is 1. The van der Waals surface area contributed by atoms with Crippen LogP contribution >= 0.6 is 0 Å². The molecule has 10 heavy (non-hydrogen) atoms. The first-order valence-corrected chi connectivity index (χ1v) is 2.86. The zero-order valence-corrected chi connectivity index (χ0v) is 5.07. The van der Waals surface area contributed by atoms with Crippen molar-refractivity contribution in [2.45, 2.75) is 0 Å². The predicted molar refractivity (Wildman–Crippen MR) is 32.5 cm³/mol. The molecule has 0 amide bonds. The summed E-state index contributed by atoms with van der Waals surface area (Å²) in [6, 6.07) is 5.31. The second kappa shape index (κ2) is 1.70. The van der Waals surface area contributed by atoms with Gasteiger partial charge in [-0.1, -0.05) is 5.10 Å². The van der Waals surface area contributed by atoms with Gasteiger partial charge in [-0.3, -0.25) is 0 Å². The van der Waals surface area contributed by atoms with E-state index in [0.717, 1.165) is 0 Å². The van der Waals surface area contributed by atoms with Crippen LogP contribution in [0.2, 0.25) is 0 Å². The third kappa shape index (κ3) is 0.621. The van der Waals surface area contributed by atoms with Gasteiger partial charge in [-0.25, -0.2) is 4.79 Å². The van der Waals surface area contributed by atoms with Crippen LogP contribution < -0.4 is 10.3 Å². The van der Waals surface area contributed by atoms with E-state index < -0.39 is 5.76 Å². The summed E-state index contributed by atoms with van der Waals surface area (Å²) in [6.07, 6.45) is 1.71. The molecule has 0 fully saturated rings. The highest BCUT2D eigenvalue weighted by molar-refractivity contribution is 5.20. The normalized spacial score (nSPS) is 10.4. The third-order valence-electron chi connectivity index (χ3n) is 1.23.